The highest BCUT2D eigenvalue weighted by Gasteiger charge is 2.17. The molecule has 5 nitrogen and oxygen atoms in total. The summed E-state index contributed by atoms with van der Waals surface area (Å²) in [7, 11) is 1.60. The number of anilines is 1. The van der Waals surface area contributed by atoms with Gasteiger partial charge in [-0.25, -0.2) is 0 Å². The van der Waals surface area contributed by atoms with Gasteiger partial charge in [-0.3, -0.25) is 5.10 Å². The van der Waals surface area contributed by atoms with E-state index in [2.05, 4.69) is 21.6 Å². The van der Waals surface area contributed by atoms with Crippen molar-refractivity contribution in [3.05, 3.63) is 11.6 Å². The summed E-state index contributed by atoms with van der Waals surface area (Å²) in [4.78, 5) is 0. The summed E-state index contributed by atoms with van der Waals surface area (Å²) in [5.74, 6) is 1.16. The summed E-state index contributed by atoms with van der Waals surface area (Å²) in [6.45, 7) is 1.85. The Labute approximate surface area is 82.3 Å². The second kappa shape index (κ2) is 3.71. The number of nitrogen functional groups attached to an aromatic ring is 1. The highest BCUT2D eigenvalue weighted by atomic mass is 16.5. The molecule has 0 saturated heterocycles. The molecule has 14 heavy (non-hydrogen) atoms. The topological polar surface area (TPSA) is 76.0 Å². The zero-order chi connectivity index (χ0) is 9.97. The van der Waals surface area contributed by atoms with Crippen molar-refractivity contribution in [1.82, 2.24) is 15.5 Å². The maximum atomic E-state index is 5.79. The standard InChI is InChI=1S/C9H14N4O/c1-14-9-7(8(10)12-13-9)6-2-4-11-5-3-6/h2,11H,3-5H2,1H3,(H3,10,12,13). The number of hydrogen-bond acceptors (Lipinski definition) is 4. The number of aromatic nitrogens is 2. The van der Waals surface area contributed by atoms with Crippen LogP contribution in [0.1, 0.15) is 12.0 Å². The van der Waals surface area contributed by atoms with Gasteiger partial charge >= 0.3 is 0 Å². The molecule has 0 bridgehead atoms. The molecule has 0 aromatic carbocycles. The number of nitrogens with zero attached hydrogens (tertiary/aromatic N) is 1. The summed E-state index contributed by atoms with van der Waals surface area (Å²) < 4.78 is 5.14. The highest BCUT2D eigenvalue weighted by molar-refractivity contribution is 5.77. The van der Waals surface area contributed by atoms with Crippen LogP contribution in [0.25, 0.3) is 5.57 Å². The Kier molecular flexibility index (Phi) is 2.41. The summed E-state index contributed by atoms with van der Waals surface area (Å²) >= 11 is 0. The van der Waals surface area contributed by atoms with Crippen molar-refractivity contribution < 1.29 is 4.74 Å². The summed E-state index contributed by atoms with van der Waals surface area (Å²) in [6, 6.07) is 0. The van der Waals surface area contributed by atoms with Gasteiger partial charge in [0.05, 0.1) is 12.7 Å². The second-order valence-electron chi connectivity index (χ2n) is 3.21. The molecule has 4 N–H and O–H groups in total. The third-order valence-corrected chi connectivity index (χ3v) is 2.34. The van der Waals surface area contributed by atoms with Gasteiger partial charge in [-0.2, -0.15) is 0 Å². The number of rotatable bonds is 2. The van der Waals surface area contributed by atoms with E-state index in [-0.39, 0.29) is 0 Å². The molecular weight excluding hydrogens is 180 g/mol. The van der Waals surface area contributed by atoms with Crippen LogP contribution in [-0.2, 0) is 0 Å². The Balaban J connectivity index is 2.38. The Bertz CT molecular complexity index is 356. The molecule has 2 heterocycles. The number of ether oxygens (including phenoxy) is 1. The molecule has 0 radical (unpaired) electrons. The van der Waals surface area contributed by atoms with Gasteiger partial charge in [0.15, 0.2) is 0 Å². The average molecular weight is 194 g/mol. The lowest BCUT2D eigenvalue weighted by Crippen LogP contribution is -2.20. The Morgan fingerprint density at radius 2 is 2.43 bits per heavy atom. The van der Waals surface area contributed by atoms with Crippen molar-refractivity contribution in [2.24, 2.45) is 0 Å². The van der Waals surface area contributed by atoms with Crippen LogP contribution in [0.2, 0.25) is 0 Å². The molecule has 0 atom stereocenters. The fourth-order valence-electron chi connectivity index (χ4n) is 1.65. The molecule has 0 spiro atoms. The zero-order valence-electron chi connectivity index (χ0n) is 8.13. The number of aromatic amines is 1. The van der Waals surface area contributed by atoms with E-state index >= 15 is 0 Å². The molecule has 1 aromatic heterocycles. The van der Waals surface area contributed by atoms with Crippen molar-refractivity contribution >= 4 is 11.4 Å². The molecule has 2 rings (SSSR count). The molecule has 5 heteroatoms. The van der Waals surface area contributed by atoms with Crippen LogP contribution in [0.3, 0.4) is 0 Å². The Hall–Kier alpha value is -1.49. The molecule has 0 saturated carbocycles. The van der Waals surface area contributed by atoms with Crippen LogP contribution in [-0.4, -0.2) is 30.4 Å². The van der Waals surface area contributed by atoms with Gasteiger partial charge < -0.3 is 15.8 Å². The van der Waals surface area contributed by atoms with Gasteiger partial charge in [0.2, 0.25) is 5.88 Å². The van der Waals surface area contributed by atoms with E-state index in [4.69, 9.17) is 10.5 Å². The van der Waals surface area contributed by atoms with Gasteiger partial charge in [-0.1, -0.05) is 6.08 Å². The number of methoxy groups -OCH3 is 1. The van der Waals surface area contributed by atoms with Crippen molar-refractivity contribution in [3.63, 3.8) is 0 Å². The number of nitrogens with one attached hydrogen (secondary N) is 2. The maximum absolute atomic E-state index is 5.79. The minimum absolute atomic E-state index is 0.579. The fourth-order valence-corrected chi connectivity index (χ4v) is 1.65. The molecule has 1 aliphatic heterocycles. The first-order chi connectivity index (χ1) is 6.83. The molecule has 1 aliphatic rings. The van der Waals surface area contributed by atoms with E-state index in [1.54, 1.807) is 7.11 Å². The van der Waals surface area contributed by atoms with Gasteiger partial charge in [0.1, 0.15) is 5.82 Å². The molecular formula is C9H14N4O. The number of hydrogen-bond donors (Lipinski definition) is 3. The SMILES string of the molecule is COc1n[nH]c(N)c1C1=CCNCC1. The van der Waals surface area contributed by atoms with E-state index in [0.717, 1.165) is 25.1 Å². The molecule has 1 aromatic rings. The van der Waals surface area contributed by atoms with Crippen LogP contribution < -0.4 is 15.8 Å². The van der Waals surface area contributed by atoms with Crippen LogP contribution >= 0.6 is 0 Å². The predicted molar refractivity (Wildman–Crippen MR) is 55.0 cm³/mol. The predicted octanol–water partition coefficient (Wildman–Crippen LogP) is 0.377. The van der Waals surface area contributed by atoms with Crippen LogP contribution in [0.5, 0.6) is 5.88 Å². The Morgan fingerprint density at radius 1 is 1.57 bits per heavy atom. The first-order valence-corrected chi connectivity index (χ1v) is 4.61. The number of nitrogens with two attached hydrogens (primary N) is 1. The summed E-state index contributed by atoms with van der Waals surface area (Å²) in [5.41, 5.74) is 7.90. The van der Waals surface area contributed by atoms with Crippen molar-refractivity contribution in [2.45, 2.75) is 6.42 Å². The van der Waals surface area contributed by atoms with E-state index in [0.29, 0.717) is 11.7 Å². The van der Waals surface area contributed by atoms with Gasteiger partial charge in [0.25, 0.3) is 0 Å². The third kappa shape index (κ3) is 1.46. The minimum atomic E-state index is 0.579. The van der Waals surface area contributed by atoms with E-state index < -0.39 is 0 Å². The monoisotopic (exact) mass is 194 g/mol. The molecule has 0 amide bonds. The Morgan fingerprint density at radius 3 is 3.07 bits per heavy atom. The largest absolute Gasteiger partial charge is 0.479 e. The van der Waals surface area contributed by atoms with E-state index in [1.807, 2.05) is 0 Å². The van der Waals surface area contributed by atoms with Gasteiger partial charge in [-0.05, 0) is 18.5 Å². The van der Waals surface area contributed by atoms with Gasteiger partial charge in [0, 0.05) is 6.54 Å². The fraction of sp³-hybridized carbons (Fsp3) is 0.444. The van der Waals surface area contributed by atoms with Crippen molar-refractivity contribution in [1.29, 1.82) is 0 Å². The normalized spacial score (nSPS) is 16.5. The number of H-pyrrole nitrogens is 1. The lowest BCUT2D eigenvalue weighted by Gasteiger charge is -2.13. The van der Waals surface area contributed by atoms with Crippen LogP contribution in [0.15, 0.2) is 6.08 Å². The second-order valence-corrected chi connectivity index (χ2v) is 3.21. The summed E-state index contributed by atoms with van der Waals surface area (Å²) in [5, 5.41) is 9.95. The first kappa shape index (κ1) is 9.08. The lowest BCUT2D eigenvalue weighted by molar-refractivity contribution is 0.395. The molecule has 0 aliphatic carbocycles. The van der Waals surface area contributed by atoms with E-state index in [1.165, 1.54) is 5.57 Å². The van der Waals surface area contributed by atoms with Crippen molar-refractivity contribution in [3.8, 4) is 5.88 Å². The molecule has 0 unspecified atom stereocenters. The van der Waals surface area contributed by atoms with E-state index in [9.17, 15) is 0 Å². The maximum Gasteiger partial charge on any atom is 0.242 e. The lowest BCUT2D eigenvalue weighted by atomic mass is 10.0. The first-order valence-electron chi connectivity index (χ1n) is 4.61. The molecule has 76 valence electrons. The third-order valence-electron chi connectivity index (χ3n) is 2.34. The molecule has 0 fully saturated rings. The van der Waals surface area contributed by atoms with Crippen molar-refractivity contribution in [2.75, 3.05) is 25.9 Å². The quantitative estimate of drug-likeness (QED) is 0.636. The highest BCUT2D eigenvalue weighted by Crippen LogP contribution is 2.31. The minimum Gasteiger partial charge on any atom is -0.479 e. The summed E-state index contributed by atoms with van der Waals surface area (Å²) in [6.07, 6.45) is 3.08. The van der Waals surface area contributed by atoms with Gasteiger partial charge in [-0.15, -0.1) is 5.10 Å². The smallest absolute Gasteiger partial charge is 0.242 e. The van der Waals surface area contributed by atoms with Crippen LogP contribution in [0, 0.1) is 0 Å². The zero-order valence-corrected chi connectivity index (χ0v) is 8.13. The average Bonchev–Trinajstić information content (AvgIpc) is 2.61. The van der Waals surface area contributed by atoms with Crippen LogP contribution in [0.4, 0.5) is 5.82 Å².